The third-order valence-electron chi connectivity index (χ3n) is 6.30. The zero-order valence-corrected chi connectivity index (χ0v) is 17.3. The Morgan fingerprint density at radius 3 is 2.83 bits per heavy atom. The summed E-state index contributed by atoms with van der Waals surface area (Å²) in [7, 11) is 0. The number of H-pyrrole nitrogens is 2. The highest BCUT2D eigenvalue weighted by Crippen LogP contribution is 2.42. The average molecular weight is 420 g/mol. The maximum Gasteiger partial charge on any atom is 0.200 e. The monoisotopic (exact) mass is 419 g/mol. The lowest BCUT2D eigenvalue weighted by Gasteiger charge is -2.32. The number of fused-ring (bicyclic) bond motifs is 6. The number of nitrogens with zero attached hydrogens (tertiary/aromatic N) is 3. The molecule has 0 spiro atoms. The number of aromatic nitrogens is 4. The van der Waals surface area contributed by atoms with Crippen molar-refractivity contribution in [2.24, 2.45) is 0 Å². The fraction of sp³-hybridized carbons (Fsp3) is 0.273. The minimum Gasteiger partial charge on any atom is -0.507 e. The molecule has 2 aliphatic rings. The highest BCUT2D eigenvalue weighted by molar-refractivity contribution is 7.71. The van der Waals surface area contributed by atoms with Gasteiger partial charge in [0.1, 0.15) is 5.75 Å². The van der Waals surface area contributed by atoms with Crippen LogP contribution in [0.25, 0.3) is 28.0 Å². The molecule has 1 atom stereocenters. The van der Waals surface area contributed by atoms with E-state index in [1.54, 1.807) is 6.07 Å². The summed E-state index contributed by atoms with van der Waals surface area (Å²) >= 11 is 5.55. The number of ether oxygens (including phenoxy) is 1. The van der Waals surface area contributed by atoms with Crippen molar-refractivity contribution >= 4 is 28.8 Å². The van der Waals surface area contributed by atoms with Gasteiger partial charge in [-0.1, -0.05) is 6.92 Å². The summed E-state index contributed by atoms with van der Waals surface area (Å²) in [5.74, 6) is 0.923. The van der Waals surface area contributed by atoms with Gasteiger partial charge in [-0.25, -0.2) is 0 Å². The fourth-order valence-corrected chi connectivity index (χ4v) is 4.96. The minimum atomic E-state index is 0.150. The van der Waals surface area contributed by atoms with E-state index in [1.807, 2.05) is 16.8 Å². The van der Waals surface area contributed by atoms with E-state index in [9.17, 15) is 5.11 Å². The first-order chi connectivity index (χ1) is 14.6. The van der Waals surface area contributed by atoms with Gasteiger partial charge in [-0.15, -0.1) is 0 Å². The number of benzene rings is 2. The second kappa shape index (κ2) is 6.45. The van der Waals surface area contributed by atoms with E-state index in [1.165, 1.54) is 16.8 Å². The van der Waals surface area contributed by atoms with Crippen molar-refractivity contribution in [2.75, 3.05) is 31.2 Å². The van der Waals surface area contributed by atoms with Crippen molar-refractivity contribution in [1.82, 2.24) is 19.7 Å². The predicted octanol–water partition coefficient (Wildman–Crippen LogP) is 4.09. The Bertz CT molecular complexity index is 1350. The van der Waals surface area contributed by atoms with Gasteiger partial charge < -0.3 is 19.7 Å². The van der Waals surface area contributed by atoms with Crippen LogP contribution >= 0.6 is 12.2 Å². The number of hydrogen-bond acceptors (Lipinski definition) is 5. The Kier molecular flexibility index (Phi) is 3.81. The summed E-state index contributed by atoms with van der Waals surface area (Å²) in [6.07, 6.45) is 2.05. The van der Waals surface area contributed by atoms with Crippen molar-refractivity contribution in [2.45, 2.75) is 12.8 Å². The number of hydrogen-bond donors (Lipinski definition) is 3. The zero-order chi connectivity index (χ0) is 20.4. The Labute approximate surface area is 177 Å². The van der Waals surface area contributed by atoms with Crippen LogP contribution in [0.3, 0.4) is 0 Å². The van der Waals surface area contributed by atoms with Gasteiger partial charge in [0.15, 0.2) is 10.6 Å². The molecule has 4 heterocycles. The van der Waals surface area contributed by atoms with Crippen molar-refractivity contribution < 1.29 is 9.84 Å². The smallest absolute Gasteiger partial charge is 0.200 e. The van der Waals surface area contributed by atoms with Crippen molar-refractivity contribution in [3.63, 3.8) is 0 Å². The normalized spacial score (nSPS) is 18.0. The number of anilines is 1. The molecule has 1 unspecified atom stereocenters. The number of nitrogens with one attached hydrogen (secondary N) is 2. The molecular formula is C22H21N5O2S. The molecule has 2 aromatic carbocycles. The molecule has 0 saturated carbocycles. The number of rotatable bonds is 1. The average Bonchev–Trinajstić information content (AvgIpc) is 3.35. The van der Waals surface area contributed by atoms with Gasteiger partial charge in [0.25, 0.3) is 0 Å². The number of phenols is 1. The molecule has 4 bridgehead atoms. The first-order valence-electron chi connectivity index (χ1n) is 10.1. The molecule has 4 aromatic rings. The third kappa shape index (κ3) is 2.47. The molecule has 8 heteroatoms. The third-order valence-corrected chi connectivity index (χ3v) is 6.57. The Morgan fingerprint density at radius 1 is 1.17 bits per heavy atom. The molecule has 2 aliphatic heterocycles. The lowest BCUT2D eigenvalue weighted by molar-refractivity contribution is 0.122. The van der Waals surface area contributed by atoms with E-state index in [-0.39, 0.29) is 11.7 Å². The Morgan fingerprint density at radius 2 is 2.00 bits per heavy atom. The molecule has 1 fully saturated rings. The van der Waals surface area contributed by atoms with Crippen LogP contribution in [-0.2, 0) is 4.74 Å². The Hall–Kier alpha value is -3.10. The molecule has 6 rings (SSSR count). The van der Waals surface area contributed by atoms with Crippen LogP contribution < -0.4 is 4.90 Å². The van der Waals surface area contributed by atoms with Gasteiger partial charge in [-0.05, 0) is 47.6 Å². The fourth-order valence-electron chi connectivity index (χ4n) is 4.72. The van der Waals surface area contributed by atoms with Gasteiger partial charge in [-0.3, -0.25) is 9.67 Å². The van der Waals surface area contributed by atoms with E-state index < -0.39 is 0 Å². The first kappa shape index (κ1) is 17.7. The highest BCUT2D eigenvalue weighted by atomic mass is 32.1. The summed E-state index contributed by atoms with van der Waals surface area (Å²) in [6, 6.07) is 10.2. The summed E-state index contributed by atoms with van der Waals surface area (Å²) in [4.78, 5) is 5.72. The van der Waals surface area contributed by atoms with Gasteiger partial charge in [0.2, 0.25) is 0 Å². The molecule has 0 radical (unpaired) electrons. The van der Waals surface area contributed by atoms with Gasteiger partial charge in [-0.2, -0.15) is 5.10 Å². The summed E-state index contributed by atoms with van der Waals surface area (Å²) in [6.45, 7) is 5.46. The van der Waals surface area contributed by atoms with Gasteiger partial charge >= 0.3 is 0 Å². The molecule has 0 aliphatic carbocycles. The number of morpholine rings is 1. The Balaban J connectivity index is 1.69. The quantitative estimate of drug-likeness (QED) is 0.405. The first-order valence-corrected chi connectivity index (χ1v) is 10.5. The molecule has 2 aromatic heterocycles. The van der Waals surface area contributed by atoms with E-state index in [0.717, 1.165) is 42.9 Å². The second-order valence-corrected chi connectivity index (χ2v) is 8.30. The SMILES string of the molecule is CC1c2cc(ccc2N2CCOCC2)-n2c(n[nH]c2=S)-c2cc3c1c[nH]c3cc2O. The van der Waals surface area contributed by atoms with E-state index in [0.29, 0.717) is 16.2 Å². The van der Waals surface area contributed by atoms with Crippen LogP contribution in [0, 0.1) is 4.77 Å². The maximum absolute atomic E-state index is 10.7. The van der Waals surface area contributed by atoms with E-state index in [2.05, 4.69) is 45.2 Å². The summed E-state index contributed by atoms with van der Waals surface area (Å²) in [5, 5.41) is 19.1. The largest absolute Gasteiger partial charge is 0.507 e. The minimum absolute atomic E-state index is 0.150. The number of aromatic hydroxyl groups is 1. The molecular weight excluding hydrogens is 398 g/mol. The van der Waals surface area contributed by atoms with Crippen LogP contribution in [0.4, 0.5) is 5.69 Å². The molecule has 30 heavy (non-hydrogen) atoms. The molecule has 0 amide bonds. The van der Waals surface area contributed by atoms with Crippen LogP contribution in [-0.4, -0.2) is 51.2 Å². The van der Waals surface area contributed by atoms with Crippen molar-refractivity contribution in [3.05, 3.63) is 52.4 Å². The number of aromatic amines is 2. The van der Waals surface area contributed by atoms with Gasteiger partial charge in [0, 0.05) is 47.9 Å². The second-order valence-electron chi connectivity index (χ2n) is 7.91. The number of phenolic OH excluding ortho intramolecular Hbond substituents is 1. The zero-order valence-electron chi connectivity index (χ0n) is 16.5. The van der Waals surface area contributed by atoms with Crippen LogP contribution in [0.2, 0.25) is 0 Å². The summed E-state index contributed by atoms with van der Waals surface area (Å²) in [5.41, 5.74) is 6.15. The molecule has 152 valence electrons. The molecule has 1 saturated heterocycles. The molecule has 7 nitrogen and oxygen atoms in total. The van der Waals surface area contributed by atoms with Crippen LogP contribution in [0.15, 0.2) is 36.5 Å². The van der Waals surface area contributed by atoms with Crippen molar-refractivity contribution in [3.8, 4) is 22.8 Å². The topological polar surface area (TPSA) is 82.1 Å². The van der Waals surface area contributed by atoms with Crippen LogP contribution in [0.5, 0.6) is 5.75 Å². The lowest BCUT2D eigenvalue weighted by Crippen LogP contribution is -2.37. The van der Waals surface area contributed by atoms with E-state index in [4.69, 9.17) is 17.0 Å². The van der Waals surface area contributed by atoms with Crippen LogP contribution in [0.1, 0.15) is 24.0 Å². The standard InChI is InChI=1S/C22H21N5O2S/c1-12-14-8-13(2-3-19(14)26-4-6-29-7-5-26)27-21(24-25-22(27)30)16-9-15-17(12)11-23-18(15)10-20(16)28/h2-3,8-12,23,28H,4-7H2,1H3,(H,25,30). The summed E-state index contributed by atoms with van der Waals surface area (Å²) < 4.78 is 7.96. The van der Waals surface area contributed by atoms with Crippen molar-refractivity contribution in [1.29, 1.82) is 0 Å². The van der Waals surface area contributed by atoms with E-state index >= 15 is 0 Å². The maximum atomic E-state index is 10.7. The lowest BCUT2D eigenvalue weighted by atomic mass is 9.89. The highest BCUT2D eigenvalue weighted by Gasteiger charge is 2.25. The molecule has 3 N–H and O–H groups in total. The predicted molar refractivity (Wildman–Crippen MR) is 118 cm³/mol. The van der Waals surface area contributed by atoms with Gasteiger partial charge in [0.05, 0.1) is 24.5 Å².